The quantitative estimate of drug-likeness (QED) is 0.780. The Balaban J connectivity index is 1.92. The number of nitrogens with one attached hydrogen (secondary N) is 1. The van der Waals surface area contributed by atoms with Gasteiger partial charge in [0, 0.05) is 0 Å². The summed E-state index contributed by atoms with van der Waals surface area (Å²) in [6.07, 6.45) is 1.35. The molecule has 116 valence electrons. The van der Waals surface area contributed by atoms with Crippen molar-refractivity contribution in [3.8, 4) is 11.5 Å². The third-order valence-electron chi connectivity index (χ3n) is 3.68. The molecule has 1 aromatic rings. The molecule has 0 bridgehead atoms. The summed E-state index contributed by atoms with van der Waals surface area (Å²) < 4.78 is 16.8. The lowest BCUT2D eigenvalue weighted by Crippen LogP contribution is -3.16. The zero-order valence-electron chi connectivity index (χ0n) is 12.9. The fourth-order valence-corrected chi connectivity index (χ4v) is 2.83. The van der Waals surface area contributed by atoms with Crippen molar-refractivity contribution in [3.63, 3.8) is 0 Å². The Kier molecular flexibility index (Phi) is 5.59. The molecule has 1 aliphatic rings. The van der Waals surface area contributed by atoms with Gasteiger partial charge < -0.3 is 19.1 Å². The third-order valence-corrected chi connectivity index (χ3v) is 3.68. The van der Waals surface area contributed by atoms with Gasteiger partial charge >= 0.3 is 0 Å². The molecule has 0 amide bonds. The second kappa shape index (κ2) is 7.43. The molecule has 2 rings (SSSR count). The minimum atomic E-state index is 0.278. The van der Waals surface area contributed by atoms with Crippen molar-refractivity contribution < 1.29 is 23.9 Å². The number of benzene rings is 1. The van der Waals surface area contributed by atoms with Crippen LogP contribution in [0, 0.1) is 0 Å². The maximum absolute atomic E-state index is 11.1. The number of morpholine rings is 1. The standard InChI is InChI=1S/C16H23NO4/c1-12-9-17(10-13(2)21-12)7-8-20-16-14(11-18)5-4-6-15(16)19-3/h4-6,11-13H,7-10H2,1-3H3/p+1/t12-,13-/m0/s1. The van der Waals surface area contributed by atoms with Crippen LogP contribution in [0.5, 0.6) is 11.5 Å². The van der Waals surface area contributed by atoms with E-state index in [4.69, 9.17) is 14.2 Å². The van der Waals surface area contributed by atoms with E-state index < -0.39 is 0 Å². The third kappa shape index (κ3) is 4.19. The first-order chi connectivity index (χ1) is 10.1. The molecule has 21 heavy (non-hydrogen) atoms. The van der Waals surface area contributed by atoms with Gasteiger partial charge in [-0.3, -0.25) is 4.79 Å². The van der Waals surface area contributed by atoms with Gasteiger partial charge in [0.2, 0.25) is 0 Å². The van der Waals surface area contributed by atoms with Gasteiger partial charge in [-0.25, -0.2) is 0 Å². The molecule has 5 heteroatoms. The number of hydrogen-bond acceptors (Lipinski definition) is 4. The molecule has 1 heterocycles. The molecule has 0 radical (unpaired) electrons. The molecule has 5 nitrogen and oxygen atoms in total. The smallest absolute Gasteiger partial charge is 0.171 e. The van der Waals surface area contributed by atoms with Crippen LogP contribution in [0.4, 0.5) is 0 Å². The van der Waals surface area contributed by atoms with Crippen LogP contribution >= 0.6 is 0 Å². The first kappa shape index (κ1) is 15.8. The Morgan fingerprint density at radius 2 is 2.05 bits per heavy atom. The van der Waals surface area contributed by atoms with Crippen molar-refractivity contribution in [2.75, 3.05) is 33.4 Å². The van der Waals surface area contributed by atoms with Crippen molar-refractivity contribution in [1.82, 2.24) is 0 Å². The second-order valence-electron chi connectivity index (χ2n) is 5.51. The van der Waals surface area contributed by atoms with Gasteiger partial charge in [-0.15, -0.1) is 0 Å². The minimum Gasteiger partial charge on any atom is -0.493 e. The highest BCUT2D eigenvalue weighted by molar-refractivity contribution is 5.81. The molecule has 1 aliphatic heterocycles. The number of hydrogen-bond donors (Lipinski definition) is 1. The molecule has 1 fully saturated rings. The maximum atomic E-state index is 11.1. The van der Waals surface area contributed by atoms with Crippen LogP contribution in [0.2, 0.25) is 0 Å². The van der Waals surface area contributed by atoms with Crippen LogP contribution in [0.15, 0.2) is 18.2 Å². The monoisotopic (exact) mass is 294 g/mol. The molecule has 0 aliphatic carbocycles. The highest BCUT2D eigenvalue weighted by atomic mass is 16.5. The van der Waals surface area contributed by atoms with Gasteiger partial charge in [0.25, 0.3) is 0 Å². The Labute approximate surface area is 125 Å². The van der Waals surface area contributed by atoms with Crippen LogP contribution < -0.4 is 14.4 Å². The first-order valence-electron chi connectivity index (χ1n) is 7.38. The van der Waals surface area contributed by atoms with E-state index in [0.29, 0.717) is 23.7 Å². The summed E-state index contributed by atoms with van der Waals surface area (Å²) in [6, 6.07) is 5.32. The summed E-state index contributed by atoms with van der Waals surface area (Å²) in [5.74, 6) is 1.13. The molecule has 0 spiro atoms. The van der Waals surface area contributed by atoms with E-state index >= 15 is 0 Å². The predicted molar refractivity (Wildman–Crippen MR) is 79.4 cm³/mol. The number of quaternary nitrogens is 1. The Bertz CT molecular complexity index is 467. The topological polar surface area (TPSA) is 49.2 Å². The molecule has 0 saturated carbocycles. The number of carbonyl (C=O) groups excluding carboxylic acids is 1. The summed E-state index contributed by atoms with van der Waals surface area (Å²) >= 11 is 0. The molecule has 1 saturated heterocycles. The highest BCUT2D eigenvalue weighted by Gasteiger charge is 2.25. The van der Waals surface area contributed by atoms with E-state index in [1.807, 2.05) is 0 Å². The normalized spacial score (nSPS) is 25.4. The van der Waals surface area contributed by atoms with Gasteiger partial charge in [0.15, 0.2) is 17.8 Å². The molecule has 1 aromatic carbocycles. The molecule has 0 aromatic heterocycles. The van der Waals surface area contributed by atoms with Gasteiger partial charge in [0.1, 0.15) is 38.4 Å². The highest BCUT2D eigenvalue weighted by Crippen LogP contribution is 2.29. The van der Waals surface area contributed by atoms with Crippen LogP contribution in [-0.2, 0) is 4.74 Å². The Morgan fingerprint density at radius 1 is 1.33 bits per heavy atom. The van der Waals surface area contributed by atoms with Gasteiger partial charge in [-0.1, -0.05) is 6.07 Å². The number of para-hydroxylation sites is 1. The Hall–Kier alpha value is -1.59. The van der Waals surface area contributed by atoms with Crippen molar-refractivity contribution in [1.29, 1.82) is 0 Å². The van der Waals surface area contributed by atoms with Crippen LogP contribution in [0.25, 0.3) is 0 Å². The van der Waals surface area contributed by atoms with E-state index in [0.717, 1.165) is 25.9 Å². The molecule has 0 unspecified atom stereocenters. The lowest BCUT2D eigenvalue weighted by molar-refractivity contribution is -0.915. The summed E-state index contributed by atoms with van der Waals surface area (Å²) in [5.41, 5.74) is 0.521. The van der Waals surface area contributed by atoms with E-state index in [-0.39, 0.29) is 12.2 Å². The second-order valence-corrected chi connectivity index (χ2v) is 5.51. The van der Waals surface area contributed by atoms with Crippen LogP contribution in [0.1, 0.15) is 24.2 Å². The van der Waals surface area contributed by atoms with Crippen LogP contribution in [-0.4, -0.2) is 51.8 Å². The summed E-state index contributed by atoms with van der Waals surface area (Å²) in [5, 5.41) is 0. The van der Waals surface area contributed by atoms with Gasteiger partial charge in [0.05, 0.1) is 12.7 Å². The predicted octanol–water partition coefficient (Wildman–Crippen LogP) is 0.579. The van der Waals surface area contributed by atoms with E-state index in [9.17, 15) is 4.79 Å². The van der Waals surface area contributed by atoms with Crippen molar-refractivity contribution >= 4 is 6.29 Å². The molecule has 2 atom stereocenters. The largest absolute Gasteiger partial charge is 0.493 e. The zero-order valence-corrected chi connectivity index (χ0v) is 12.9. The minimum absolute atomic E-state index is 0.278. The number of carbonyl (C=O) groups is 1. The first-order valence-corrected chi connectivity index (χ1v) is 7.38. The number of ether oxygens (including phenoxy) is 3. The summed E-state index contributed by atoms with van der Waals surface area (Å²) in [6.45, 7) is 7.60. The fraction of sp³-hybridized carbons (Fsp3) is 0.562. The van der Waals surface area contributed by atoms with E-state index in [2.05, 4.69) is 13.8 Å². The average Bonchev–Trinajstić information content (AvgIpc) is 2.46. The van der Waals surface area contributed by atoms with Crippen LogP contribution in [0.3, 0.4) is 0 Å². The number of aldehydes is 1. The van der Waals surface area contributed by atoms with E-state index in [1.165, 1.54) is 4.90 Å². The van der Waals surface area contributed by atoms with Crippen molar-refractivity contribution in [2.45, 2.75) is 26.1 Å². The summed E-state index contributed by atoms with van der Waals surface area (Å²) in [4.78, 5) is 12.6. The maximum Gasteiger partial charge on any atom is 0.171 e. The number of methoxy groups -OCH3 is 1. The lowest BCUT2D eigenvalue weighted by Gasteiger charge is -2.32. The molecular weight excluding hydrogens is 270 g/mol. The summed E-state index contributed by atoms with van der Waals surface area (Å²) in [7, 11) is 1.58. The fourth-order valence-electron chi connectivity index (χ4n) is 2.83. The lowest BCUT2D eigenvalue weighted by atomic mass is 10.2. The SMILES string of the molecule is COc1cccc(C=O)c1OCC[NH+]1C[C@H](C)O[C@@H](C)C1. The van der Waals surface area contributed by atoms with E-state index in [1.54, 1.807) is 25.3 Å². The van der Waals surface area contributed by atoms with Gasteiger partial charge in [-0.05, 0) is 26.0 Å². The molecular formula is C16H24NO4+. The van der Waals surface area contributed by atoms with Crippen molar-refractivity contribution in [2.24, 2.45) is 0 Å². The number of rotatable bonds is 6. The Morgan fingerprint density at radius 3 is 2.67 bits per heavy atom. The van der Waals surface area contributed by atoms with Gasteiger partial charge in [-0.2, -0.15) is 0 Å². The average molecular weight is 294 g/mol. The van der Waals surface area contributed by atoms with Crippen molar-refractivity contribution in [3.05, 3.63) is 23.8 Å². The zero-order chi connectivity index (χ0) is 15.2. The molecule has 1 N–H and O–H groups in total.